The molecular formula is C22H13ClF3N3O3. The topological polar surface area (TPSA) is 73.2 Å². The number of amides is 1. The fourth-order valence-corrected chi connectivity index (χ4v) is 3.17. The maximum Gasteiger partial charge on any atom is 0.573 e. The van der Waals surface area contributed by atoms with Crippen molar-refractivity contribution < 1.29 is 22.7 Å². The smallest absolute Gasteiger partial charge is 0.406 e. The Bertz CT molecular complexity index is 1350. The maximum absolute atomic E-state index is 13.0. The second-order valence-electron chi connectivity index (χ2n) is 6.61. The zero-order valence-corrected chi connectivity index (χ0v) is 16.8. The highest BCUT2D eigenvalue weighted by Gasteiger charge is 2.31. The summed E-state index contributed by atoms with van der Waals surface area (Å²) in [5.41, 5.74) is 0.173. The highest BCUT2D eigenvalue weighted by molar-refractivity contribution is 6.30. The molecule has 0 atom stereocenters. The predicted molar refractivity (Wildman–Crippen MR) is 113 cm³/mol. The van der Waals surface area contributed by atoms with Crippen molar-refractivity contribution in [1.29, 1.82) is 0 Å². The van der Waals surface area contributed by atoms with Gasteiger partial charge in [0.25, 0.3) is 11.5 Å². The second-order valence-corrected chi connectivity index (χ2v) is 7.05. The third-order valence-corrected chi connectivity index (χ3v) is 4.69. The van der Waals surface area contributed by atoms with Crippen molar-refractivity contribution in [3.8, 4) is 11.4 Å². The van der Waals surface area contributed by atoms with E-state index in [-0.39, 0.29) is 16.8 Å². The van der Waals surface area contributed by atoms with Gasteiger partial charge in [-0.25, -0.2) is 0 Å². The molecule has 0 saturated heterocycles. The number of hydrogen-bond donors (Lipinski definition) is 1. The molecule has 0 radical (unpaired) electrons. The number of fused-ring (bicyclic) bond motifs is 1. The first-order valence-electron chi connectivity index (χ1n) is 9.16. The Balaban J connectivity index is 1.72. The fraction of sp³-hybridized carbons (Fsp3) is 0.0455. The molecule has 1 amide bonds. The number of alkyl halides is 3. The van der Waals surface area contributed by atoms with Crippen molar-refractivity contribution in [3.05, 3.63) is 93.9 Å². The Hall–Kier alpha value is -3.85. The molecule has 4 rings (SSSR count). The van der Waals surface area contributed by atoms with E-state index in [2.05, 4.69) is 15.2 Å². The summed E-state index contributed by atoms with van der Waals surface area (Å²) < 4.78 is 41.9. The number of hydrogen-bond acceptors (Lipinski definition) is 4. The van der Waals surface area contributed by atoms with Crippen LogP contribution in [0.3, 0.4) is 0 Å². The van der Waals surface area contributed by atoms with Gasteiger partial charge >= 0.3 is 6.36 Å². The summed E-state index contributed by atoms with van der Waals surface area (Å²) in [5.74, 6) is -1.07. The van der Waals surface area contributed by atoms with Gasteiger partial charge in [-0.15, -0.1) is 13.2 Å². The summed E-state index contributed by atoms with van der Waals surface area (Å²) in [5, 5.41) is 7.89. The minimum absolute atomic E-state index is 0.0363. The number of rotatable bonds is 4. The number of aromatic nitrogens is 2. The van der Waals surface area contributed by atoms with Gasteiger partial charge in [0.2, 0.25) is 0 Å². The van der Waals surface area contributed by atoms with Crippen LogP contribution in [0.2, 0.25) is 5.02 Å². The average Bonchev–Trinajstić information content (AvgIpc) is 2.75. The lowest BCUT2D eigenvalue weighted by molar-refractivity contribution is -0.274. The Morgan fingerprint density at radius 2 is 1.56 bits per heavy atom. The molecule has 0 saturated carbocycles. The van der Waals surface area contributed by atoms with Gasteiger partial charge in [0, 0.05) is 16.1 Å². The second kappa shape index (κ2) is 8.35. The van der Waals surface area contributed by atoms with Crippen molar-refractivity contribution in [1.82, 2.24) is 9.78 Å². The monoisotopic (exact) mass is 459 g/mol. The predicted octanol–water partition coefficient (Wildman–Crippen LogP) is 5.19. The molecule has 0 aliphatic carbocycles. The number of carbonyl (C=O) groups is 1. The number of nitrogens with zero attached hydrogens (tertiary/aromatic N) is 2. The van der Waals surface area contributed by atoms with Crippen LogP contribution >= 0.6 is 11.6 Å². The highest BCUT2D eigenvalue weighted by Crippen LogP contribution is 2.24. The normalized spacial score (nSPS) is 11.4. The van der Waals surface area contributed by atoms with E-state index in [0.29, 0.717) is 16.1 Å². The Labute approximate surface area is 183 Å². The molecule has 32 heavy (non-hydrogen) atoms. The lowest BCUT2D eigenvalue weighted by Crippen LogP contribution is -2.26. The van der Waals surface area contributed by atoms with Crippen LogP contribution in [0, 0.1) is 0 Å². The van der Waals surface area contributed by atoms with Gasteiger partial charge in [-0.3, -0.25) is 9.59 Å². The van der Waals surface area contributed by atoms with Crippen LogP contribution in [0.25, 0.3) is 16.5 Å². The highest BCUT2D eigenvalue weighted by atomic mass is 35.5. The van der Waals surface area contributed by atoms with E-state index in [1.54, 1.807) is 48.5 Å². The third kappa shape index (κ3) is 4.57. The van der Waals surface area contributed by atoms with E-state index in [0.717, 1.165) is 16.8 Å². The van der Waals surface area contributed by atoms with E-state index < -0.39 is 23.6 Å². The summed E-state index contributed by atoms with van der Waals surface area (Å²) in [6, 6.07) is 17.5. The van der Waals surface area contributed by atoms with Crippen molar-refractivity contribution in [3.63, 3.8) is 0 Å². The van der Waals surface area contributed by atoms with Gasteiger partial charge < -0.3 is 10.1 Å². The van der Waals surface area contributed by atoms with E-state index in [9.17, 15) is 22.8 Å². The van der Waals surface area contributed by atoms with Crippen molar-refractivity contribution in [2.45, 2.75) is 6.36 Å². The molecule has 0 aliphatic heterocycles. The summed E-state index contributed by atoms with van der Waals surface area (Å²) >= 11 is 5.91. The van der Waals surface area contributed by atoms with E-state index in [4.69, 9.17) is 11.6 Å². The molecule has 4 aromatic rings. The summed E-state index contributed by atoms with van der Waals surface area (Å²) in [6.07, 6.45) is -4.82. The minimum atomic E-state index is -4.82. The zero-order chi connectivity index (χ0) is 22.9. The lowest BCUT2D eigenvalue weighted by atomic mass is 10.1. The summed E-state index contributed by atoms with van der Waals surface area (Å²) in [6.45, 7) is 0. The van der Waals surface area contributed by atoms with Crippen LogP contribution in [0.15, 0.2) is 77.6 Å². The quantitative estimate of drug-likeness (QED) is 0.456. The molecular weight excluding hydrogens is 447 g/mol. The summed E-state index contributed by atoms with van der Waals surface area (Å²) in [4.78, 5) is 25.9. The minimum Gasteiger partial charge on any atom is -0.406 e. The van der Waals surface area contributed by atoms with Crippen LogP contribution < -0.4 is 15.6 Å². The molecule has 0 spiro atoms. The van der Waals surface area contributed by atoms with E-state index in [1.807, 2.05) is 0 Å². The molecule has 3 aromatic carbocycles. The number of anilines is 1. The van der Waals surface area contributed by atoms with Crippen molar-refractivity contribution in [2.24, 2.45) is 0 Å². The number of benzene rings is 3. The molecule has 10 heteroatoms. The SMILES string of the molecule is O=C(Nc1ccc(OC(F)(F)F)cc1)c1nn(-c2ccc(Cl)cc2)c(=O)c2ccccc12. The molecule has 0 unspecified atom stereocenters. The van der Waals surface area contributed by atoms with E-state index >= 15 is 0 Å². The van der Waals surface area contributed by atoms with Crippen LogP contribution in [-0.2, 0) is 0 Å². The van der Waals surface area contributed by atoms with Crippen LogP contribution in [0.1, 0.15) is 10.5 Å². The Morgan fingerprint density at radius 1 is 0.938 bits per heavy atom. The number of ether oxygens (including phenoxy) is 1. The van der Waals surface area contributed by atoms with Gasteiger partial charge in [0.1, 0.15) is 5.75 Å². The maximum atomic E-state index is 13.0. The lowest BCUT2D eigenvalue weighted by Gasteiger charge is -2.12. The molecule has 1 heterocycles. The van der Waals surface area contributed by atoms with Crippen molar-refractivity contribution >= 4 is 34.0 Å². The first kappa shape index (κ1) is 21.4. The standard InChI is InChI=1S/C22H13ClF3N3O3/c23-13-5-9-15(10-6-13)29-21(31)18-4-2-1-3-17(18)19(28-29)20(30)27-14-7-11-16(12-8-14)32-22(24,25)26/h1-12H,(H,27,30). The van der Waals surface area contributed by atoms with E-state index in [1.165, 1.54) is 12.1 Å². The largest absolute Gasteiger partial charge is 0.573 e. The summed E-state index contributed by atoms with van der Waals surface area (Å²) in [7, 11) is 0. The first-order chi connectivity index (χ1) is 15.2. The van der Waals surface area contributed by atoms with Gasteiger partial charge in [-0.2, -0.15) is 9.78 Å². The molecule has 0 aliphatic rings. The van der Waals surface area contributed by atoms with Gasteiger partial charge in [-0.05, 0) is 54.6 Å². The molecule has 0 bridgehead atoms. The van der Waals surface area contributed by atoms with Crippen LogP contribution in [0.5, 0.6) is 5.75 Å². The third-order valence-electron chi connectivity index (χ3n) is 4.44. The van der Waals surface area contributed by atoms with Gasteiger partial charge in [0.05, 0.1) is 11.1 Å². The molecule has 162 valence electrons. The van der Waals surface area contributed by atoms with Crippen LogP contribution in [0.4, 0.5) is 18.9 Å². The van der Waals surface area contributed by atoms with Gasteiger partial charge in [-0.1, -0.05) is 29.8 Å². The van der Waals surface area contributed by atoms with Crippen molar-refractivity contribution in [2.75, 3.05) is 5.32 Å². The number of carbonyl (C=O) groups excluding carboxylic acids is 1. The Kier molecular flexibility index (Phi) is 5.58. The zero-order valence-electron chi connectivity index (χ0n) is 16.1. The number of halogens is 4. The number of nitrogens with one attached hydrogen (secondary N) is 1. The molecule has 6 nitrogen and oxygen atoms in total. The first-order valence-corrected chi connectivity index (χ1v) is 9.54. The van der Waals surface area contributed by atoms with Gasteiger partial charge in [0.15, 0.2) is 5.69 Å². The fourth-order valence-electron chi connectivity index (χ4n) is 3.04. The molecule has 1 N–H and O–H groups in total. The van der Waals surface area contributed by atoms with Crippen LogP contribution in [-0.4, -0.2) is 22.1 Å². The molecule has 0 fully saturated rings. The molecule has 1 aromatic heterocycles. The Morgan fingerprint density at radius 3 is 2.19 bits per heavy atom. The average molecular weight is 460 g/mol.